The summed E-state index contributed by atoms with van der Waals surface area (Å²) in [6.07, 6.45) is -1.96. The van der Waals surface area contributed by atoms with Crippen molar-refractivity contribution in [3.8, 4) is 17.1 Å². The number of piperidine rings is 1. The minimum absolute atomic E-state index is 0.129. The summed E-state index contributed by atoms with van der Waals surface area (Å²) >= 11 is 0. The number of carbonyl (C=O) groups excluding carboxylic acids is 2. The van der Waals surface area contributed by atoms with Gasteiger partial charge in [0.1, 0.15) is 5.69 Å². The van der Waals surface area contributed by atoms with Gasteiger partial charge >= 0.3 is 6.18 Å². The summed E-state index contributed by atoms with van der Waals surface area (Å²) in [6.45, 7) is 0.292. The number of hydrogen-bond donors (Lipinski definition) is 3. The van der Waals surface area contributed by atoms with E-state index >= 15 is 0 Å². The fourth-order valence-corrected chi connectivity index (χ4v) is 5.75. The third-order valence-electron chi connectivity index (χ3n) is 8.07. The molecule has 1 saturated heterocycles. The molecule has 1 aliphatic heterocycles. The Balaban J connectivity index is 1.23. The third-order valence-corrected chi connectivity index (χ3v) is 8.07. The van der Waals surface area contributed by atoms with Crippen LogP contribution in [0.2, 0.25) is 0 Å². The summed E-state index contributed by atoms with van der Waals surface area (Å²) in [5, 5.41) is 19.5. The molecular formula is C25H29F4N5O4. The predicted molar refractivity (Wildman–Crippen MR) is 125 cm³/mol. The number of methoxy groups -OCH3 is 1. The van der Waals surface area contributed by atoms with E-state index in [1.807, 2.05) is 0 Å². The molecule has 2 saturated carbocycles. The fraction of sp³-hybridized carbons (Fsp3) is 0.600. The first-order valence-electron chi connectivity index (χ1n) is 12.6. The van der Waals surface area contributed by atoms with Crippen LogP contribution in [0.4, 0.5) is 17.6 Å². The lowest BCUT2D eigenvalue weighted by molar-refractivity contribution is -0.271. The van der Waals surface area contributed by atoms with Gasteiger partial charge in [0.05, 0.1) is 19.0 Å². The van der Waals surface area contributed by atoms with E-state index in [0.29, 0.717) is 38.6 Å². The number of alkyl halides is 3. The standard InChI is InChI=1S/C25H29F4N5O4/c1-38-20-9-16(17(26)13-30-20)18-10-19(33-32-18)22(36)34-8-4-14(11-23(34)6-7-23)21(35)31-15-3-2-5-24(37,12-15)25(27,28)29/h9-10,13-15,37H,2-8,11-12H2,1H3,(H,31,35)(H,32,33)/t14-,15-,24-/m0/s1. The number of ether oxygens (including phenoxy) is 1. The average molecular weight is 540 g/mol. The molecule has 2 aromatic rings. The first-order chi connectivity index (χ1) is 17.9. The maximum atomic E-state index is 14.3. The van der Waals surface area contributed by atoms with Gasteiger partial charge in [-0.25, -0.2) is 9.37 Å². The molecule has 5 rings (SSSR count). The second kappa shape index (κ2) is 9.51. The molecule has 13 heteroatoms. The number of likely N-dealkylation sites (tertiary alicyclic amines) is 1. The lowest BCUT2D eigenvalue weighted by Gasteiger charge is -2.41. The van der Waals surface area contributed by atoms with Crippen LogP contribution < -0.4 is 10.1 Å². The normalized spacial score (nSPS) is 26.7. The van der Waals surface area contributed by atoms with E-state index in [2.05, 4.69) is 20.5 Å². The summed E-state index contributed by atoms with van der Waals surface area (Å²) in [4.78, 5) is 31.8. The van der Waals surface area contributed by atoms with Crippen LogP contribution in [0.5, 0.6) is 5.88 Å². The highest BCUT2D eigenvalue weighted by Gasteiger charge is 2.57. The molecule has 0 radical (unpaired) electrons. The number of pyridine rings is 1. The van der Waals surface area contributed by atoms with Crippen LogP contribution in [-0.2, 0) is 4.79 Å². The Morgan fingerprint density at radius 1 is 1.21 bits per heavy atom. The van der Waals surface area contributed by atoms with Gasteiger partial charge in [-0.3, -0.25) is 14.7 Å². The number of H-pyrrole nitrogens is 1. The smallest absolute Gasteiger partial charge is 0.417 e. The topological polar surface area (TPSA) is 120 Å². The van der Waals surface area contributed by atoms with E-state index in [-0.39, 0.29) is 47.5 Å². The third kappa shape index (κ3) is 4.83. The molecule has 3 aliphatic rings. The van der Waals surface area contributed by atoms with E-state index in [1.54, 1.807) is 4.90 Å². The van der Waals surface area contributed by atoms with Gasteiger partial charge in [-0.2, -0.15) is 18.3 Å². The van der Waals surface area contributed by atoms with Crippen molar-refractivity contribution in [3.63, 3.8) is 0 Å². The second-order valence-corrected chi connectivity index (χ2v) is 10.6. The Morgan fingerprint density at radius 2 is 1.97 bits per heavy atom. The minimum Gasteiger partial charge on any atom is -0.481 e. The molecule has 3 fully saturated rings. The average Bonchev–Trinajstić information content (AvgIpc) is 3.44. The maximum absolute atomic E-state index is 14.3. The highest BCUT2D eigenvalue weighted by atomic mass is 19.4. The second-order valence-electron chi connectivity index (χ2n) is 10.6. The number of hydrogen-bond acceptors (Lipinski definition) is 6. The molecule has 3 atom stereocenters. The summed E-state index contributed by atoms with van der Waals surface area (Å²) in [5.41, 5.74) is -2.77. The number of aliphatic hydroxyl groups is 1. The first kappa shape index (κ1) is 26.4. The van der Waals surface area contributed by atoms with Crippen LogP contribution in [-0.4, -0.2) is 74.0 Å². The molecule has 1 spiro atoms. The van der Waals surface area contributed by atoms with Crippen molar-refractivity contribution in [3.05, 3.63) is 29.8 Å². The molecule has 2 aliphatic carbocycles. The van der Waals surface area contributed by atoms with Crippen LogP contribution in [0.3, 0.4) is 0 Å². The number of amides is 2. The van der Waals surface area contributed by atoms with Crippen LogP contribution in [0.15, 0.2) is 18.3 Å². The van der Waals surface area contributed by atoms with Crippen molar-refractivity contribution in [1.82, 2.24) is 25.4 Å². The first-order valence-corrected chi connectivity index (χ1v) is 12.6. The Bertz CT molecular complexity index is 1230. The zero-order valence-electron chi connectivity index (χ0n) is 20.8. The van der Waals surface area contributed by atoms with Crippen LogP contribution in [0, 0.1) is 11.7 Å². The molecule has 3 N–H and O–H groups in total. The van der Waals surface area contributed by atoms with E-state index in [9.17, 15) is 32.3 Å². The van der Waals surface area contributed by atoms with Crippen LogP contribution >= 0.6 is 0 Å². The largest absolute Gasteiger partial charge is 0.481 e. The highest BCUT2D eigenvalue weighted by molar-refractivity contribution is 5.94. The lowest BCUT2D eigenvalue weighted by atomic mass is 9.80. The molecule has 2 aromatic heterocycles. The quantitative estimate of drug-likeness (QED) is 0.502. The van der Waals surface area contributed by atoms with Gasteiger partial charge in [-0.05, 0) is 51.0 Å². The fourth-order valence-electron chi connectivity index (χ4n) is 5.75. The monoisotopic (exact) mass is 539 g/mol. The number of halogens is 4. The van der Waals surface area contributed by atoms with Gasteiger partial charge < -0.3 is 20.1 Å². The van der Waals surface area contributed by atoms with Gasteiger partial charge in [0.2, 0.25) is 11.8 Å². The molecule has 0 bridgehead atoms. The molecule has 206 valence electrons. The predicted octanol–water partition coefficient (Wildman–Crippen LogP) is 3.36. The molecule has 0 unspecified atom stereocenters. The van der Waals surface area contributed by atoms with Crippen LogP contribution in [0.1, 0.15) is 61.9 Å². The van der Waals surface area contributed by atoms with Crippen molar-refractivity contribution in [2.45, 2.75) is 74.7 Å². The molecule has 3 heterocycles. The van der Waals surface area contributed by atoms with E-state index in [4.69, 9.17) is 4.74 Å². The maximum Gasteiger partial charge on any atom is 0.417 e. The van der Waals surface area contributed by atoms with Gasteiger partial charge in [0.25, 0.3) is 5.91 Å². The Labute approximate surface area is 215 Å². The minimum atomic E-state index is -4.75. The number of aromatic amines is 1. The zero-order chi connectivity index (χ0) is 27.3. The van der Waals surface area contributed by atoms with E-state index in [0.717, 1.165) is 6.20 Å². The van der Waals surface area contributed by atoms with Crippen molar-refractivity contribution in [1.29, 1.82) is 0 Å². The van der Waals surface area contributed by atoms with Crippen LogP contribution in [0.25, 0.3) is 11.3 Å². The number of rotatable bonds is 5. The molecule has 0 aromatic carbocycles. The van der Waals surface area contributed by atoms with Gasteiger partial charge in [-0.1, -0.05) is 0 Å². The Kier molecular flexibility index (Phi) is 6.60. The summed E-state index contributed by atoms with van der Waals surface area (Å²) in [7, 11) is 1.40. The summed E-state index contributed by atoms with van der Waals surface area (Å²) in [5.74, 6) is -1.52. The van der Waals surface area contributed by atoms with Crippen molar-refractivity contribution >= 4 is 11.8 Å². The van der Waals surface area contributed by atoms with Crippen molar-refractivity contribution in [2.75, 3.05) is 13.7 Å². The number of aromatic nitrogens is 3. The van der Waals surface area contributed by atoms with Gasteiger partial charge in [0.15, 0.2) is 11.4 Å². The van der Waals surface area contributed by atoms with E-state index in [1.165, 1.54) is 19.2 Å². The lowest BCUT2D eigenvalue weighted by Crippen LogP contribution is -2.55. The van der Waals surface area contributed by atoms with E-state index < -0.39 is 41.5 Å². The Hall–Kier alpha value is -3.22. The molecule has 9 nitrogen and oxygen atoms in total. The molecular weight excluding hydrogens is 510 g/mol. The van der Waals surface area contributed by atoms with Gasteiger partial charge in [0, 0.05) is 42.1 Å². The summed E-state index contributed by atoms with van der Waals surface area (Å²) in [6, 6.07) is 2.09. The highest BCUT2D eigenvalue weighted by Crippen LogP contribution is 2.51. The Morgan fingerprint density at radius 3 is 2.66 bits per heavy atom. The van der Waals surface area contributed by atoms with Crippen molar-refractivity contribution in [2.24, 2.45) is 5.92 Å². The molecule has 38 heavy (non-hydrogen) atoms. The number of nitrogens with zero attached hydrogens (tertiary/aromatic N) is 3. The number of nitrogens with one attached hydrogen (secondary N) is 2. The zero-order valence-corrected chi connectivity index (χ0v) is 20.8. The number of carbonyl (C=O) groups is 2. The van der Waals surface area contributed by atoms with Crippen molar-refractivity contribution < 1.29 is 37.0 Å². The summed E-state index contributed by atoms with van der Waals surface area (Å²) < 4.78 is 59.2. The van der Waals surface area contributed by atoms with Gasteiger partial charge in [-0.15, -0.1) is 0 Å². The molecule has 2 amide bonds. The SMILES string of the molecule is COc1cc(-c2cc(C(=O)N3CC[C@H](C(=O)N[C@H]4CCC[C@@](O)(C(F)(F)F)C4)CC34CC4)[nH]n2)c(F)cn1.